The van der Waals surface area contributed by atoms with E-state index < -0.39 is 0 Å². The normalized spacial score (nSPS) is 19.4. The van der Waals surface area contributed by atoms with Crippen LogP contribution in [-0.2, 0) is 6.54 Å². The molecule has 2 heterocycles. The molecule has 1 aliphatic heterocycles. The predicted molar refractivity (Wildman–Crippen MR) is 86.2 cm³/mol. The molecule has 3 heteroatoms. The minimum absolute atomic E-state index is 0.675. The minimum atomic E-state index is 0.675. The van der Waals surface area contributed by atoms with Crippen molar-refractivity contribution in [1.29, 1.82) is 0 Å². The topological polar surface area (TPSA) is 28.2 Å². The standard InChI is InChI=1S/C17H29N3/c1-4-9-18-13-15-11-14(3)19-17(12-15)20-10-7-6-8-16(20)5-2/h11-12,16,18H,4-10,13H2,1-3H3. The summed E-state index contributed by atoms with van der Waals surface area (Å²) in [5.74, 6) is 1.19. The molecule has 1 aromatic rings. The molecule has 3 nitrogen and oxygen atoms in total. The summed E-state index contributed by atoms with van der Waals surface area (Å²) in [7, 11) is 0. The first-order valence-corrected chi connectivity index (χ1v) is 8.19. The van der Waals surface area contributed by atoms with Crippen LogP contribution in [0.1, 0.15) is 57.2 Å². The van der Waals surface area contributed by atoms with E-state index in [-0.39, 0.29) is 0 Å². The summed E-state index contributed by atoms with van der Waals surface area (Å²) in [4.78, 5) is 7.31. The van der Waals surface area contributed by atoms with Gasteiger partial charge in [0, 0.05) is 24.8 Å². The maximum absolute atomic E-state index is 4.78. The first kappa shape index (κ1) is 15.3. The molecule has 0 aliphatic carbocycles. The van der Waals surface area contributed by atoms with Gasteiger partial charge >= 0.3 is 0 Å². The van der Waals surface area contributed by atoms with Gasteiger partial charge in [0.15, 0.2) is 0 Å². The molecule has 1 aliphatic rings. The molecule has 1 fully saturated rings. The molecule has 1 N–H and O–H groups in total. The van der Waals surface area contributed by atoms with Gasteiger partial charge in [-0.05, 0) is 63.3 Å². The third-order valence-corrected chi connectivity index (χ3v) is 4.15. The van der Waals surface area contributed by atoms with Gasteiger partial charge in [0.05, 0.1) is 0 Å². The SMILES string of the molecule is CCCNCc1cc(C)nc(N2CCCCC2CC)c1. The van der Waals surface area contributed by atoms with Crippen molar-refractivity contribution in [2.45, 2.75) is 65.5 Å². The molecular formula is C17H29N3. The van der Waals surface area contributed by atoms with Crippen molar-refractivity contribution in [3.8, 4) is 0 Å². The van der Waals surface area contributed by atoms with Crippen LogP contribution in [0, 0.1) is 6.92 Å². The van der Waals surface area contributed by atoms with Gasteiger partial charge in [-0.15, -0.1) is 0 Å². The average Bonchev–Trinajstić information content (AvgIpc) is 2.47. The molecule has 112 valence electrons. The van der Waals surface area contributed by atoms with Crippen LogP contribution in [-0.4, -0.2) is 24.1 Å². The highest BCUT2D eigenvalue weighted by Gasteiger charge is 2.22. The Kier molecular flexibility index (Phi) is 5.84. The number of nitrogens with one attached hydrogen (secondary N) is 1. The number of rotatable bonds is 6. The van der Waals surface area contributed by atoms with Gasteiger partial charge in [-0.25, -0.2) is 4.98 Å². The third kappa shape index (κ3) is 3.95. The second-order valence-electron chi connectivity index (χ2n) is 5.90. The fourth-order valence-electron chi connectivity index (χ4n) is 3.11. The lowest BCUT2D eigenvalue weighted by Crippen LogP contribution is -2.39. The molecule has 20 heavy (non-hydrogen) atoms. The Hall–Kier alpha value is -1.09. The van der Waals surface area contributed by atoms with E-state index in [1.165, 1.54) is 43.5 Å². The van der Waals surface area contributed by atoms with Gasteiger partial charge in [-0.3, -0.25) is 0 Å². The highest BCUT2D eigenvalue weighted by molar-refractivity contribution is 5.44. The van der Waals surface area contributed by atoms with Crippen molar-refractivity contribution in [3.63, 3.8) is 0 Å². The summed E-state index contributed by atoms with van der Waals surface area (Å²) >= 11 is 0. The van der Waals surface area contributed by atoms with Crippen LogP contribution >= 0.6 is 0 Å². The molecule has 0 amide bonds. The first-order valence-electron chi connectivity index (χ1n) is 8.19. The van der Waals surface area contributed by atoms with Crippen LogP contribution in [0.25, 0.3) is 0 Å². The lowest BCUT2D eigenvalue weighted by atomic mass is 10.00. The summed E-state index contributed by atoms with van der Waals surface area (Å²) in [6.07, 6.45) is 6.39. The van der Waals surface area contributed by atoms with Crippen LogP contribution in [0.4, 0.5) is 5.82 Å². The van der Waals surface area contributed by atoms with Gasteiger partial charge in [0.2, 0.25) is 0 Å². The Morgan fingerprint density at radius 3 is 2.90 bits per heavy atom. The maximum atomic E-state index is 4.78. The van der Waals surface area contributed by atoms with Crippen molar-refractivity contribution >= 4 is 5.82 Å². The lowest BCUT2D eigenvalue weighted by molar-refractivity contribution is 0.446. The summed E-state index contributed by atoms with van der Waals surface area (Å²) in [5, 5.41) is 3.49. The minimum Gasteiger partial charge on any atom is -0.354 e. The molecule has 0 bridgehead atoms. The fraction of sp³-hybridized carbons (Fsp3) is 0.706. The Morgan fingerprint density at radius 2 is 2.15 bits per heavy atom. The summed E-state index contributed by atoms with van der Waals surface area (Å²) in [5.41, 5.74) is 2.50. The Balaban J connectivity index is 2.13. The van der Waals surface area contributed by atoms with E-state index in [2.05, 4.69) is 43.1 Å². The zero-order valence-corrected chi connectivity index (χ0v) is 13.3. The monoisotopic (exact) mass is 275 g/mol. The highest BCUT2D eigenvalue weighted by atomic mass is 15.2. The number of hydrogen-bond acceptors (Lipinski definition) is 3. The van der Waals surface area contributed by atoms with Gasteiger partial charge in [0.25, 0.3) is 0 Å². The largest absolute Gasteiger partial charge is 0.354 e. The summed E-state index contributed by atoms with van der Waals surface area (Å²) in [6.45, 7) is 9.81. The molecule has 0 saturated carbocycles. The Bertz CT molecular complexity index is 417. The second kappa shape index (κ2) is 7.63. The third-order valence-electron chi connectivity index (χ3n) is 4.15. The number of hydrogen-bond donors (Lipinski definition) is 1. The Labute approximate surface area is 123 Å². The van der Waals surface area contributed by atoms with Crippen LogP contribution in [0.2, 0.25) is 0 Å². The van der Waals surface area contributed by atoms with Gasteiger partial charge in [-0.2, -0.15) is 0 Å². The molecule has 0 aromatic carbocycles. The molecular weight excluding hydrogens is 246 g/mol. The molecule has 0 radical (unpaired) electrons. The molecule has 0 spiro atoms. The van der Waals surface area contributed by atoms with E-state index >= 15 is 0 Å². The van der Waals surface area contributed by atoms with E-state index in [4.69, 9.17) is 4.98 Å². The Morgan fingerprint density at radius 1 is 1.30 bits per heavy atom. The maximum Gasteiger partial charge on any atom is 0.129 e. The summed E-state index contributed by atoms with van der Waals surface area (Å²) < 4.78 is 0. The molecule has 1 saturated heterocycles. The van der Waals surface area contributed by atoms with Crippen molar-refractivity contribution in [2.75, 3.05) is 18.0 Å². The quantitative estimate of drug-likeness (QED) is 0.803. The zero-order chi connectivity index (χ0) is 14.4. The van der Waals surface area contributed by atoms with Crippen molar-refractivity contribution in [3.05, 3.63) is 23.4 Å². The van der Waals surface area contributed by atoms with Crippen molar-refractivity contribution < 1.29 is 0 Å². The molecule has 1 aromatic heterocycles. The second-order valence-corrected chi connectivity index (χ2v) is 5.90. The highest BCUT2D eigenvalue weighted by Crippen LogP contribution is 2.26. The predicted octanol–water partition coefficient (Wildman–Crippen LogP) is 3.66. The van der Waals surface area contributed by atoms with E-state index in [0.29, 0.717) is 6.04 Å². The first-order chi connectivity index (χ1) is 9.74. The van der Waals surface area contributed by atoms with Crippen LogP contribution in [0.3, 0.4) is 0 Å². The lowest BCUT2D eigenvalue weighted by Gasteiger charge is -2.36. The van der Waals surface area contributed by atoms with Crippen LogP contribution in [0.5, 0.6) is 0 Å². The van der Waals surface area contributed by atoms with Gasteiger partial charge in [-0.1, -0.05) is 13.8 Å². The van der Waals surface area contributed by atoms with E-state index in [0.717, 1.165) is 25.3 Å². The fourth-order valence-corrected chi connectivity index (χ4v) is 3.11. The molecule has 2 rings (SSSR count). The zero-order valence-electron chi connectivity index (χ0n) is 13.3. The smallest absolute Gasteiger partial charge is 0.129 e. The number of aromatic nitrogens is 1. The number of aryl methyl sites for hydroxylation is 1. The molecule has 1 atom stereocenters. The average molecular weight is 275 g/mol. The number of nitrogens with zero attached hydrogens (tertiary/aromatic N) is 2. The number of piperidine rings is 1. The van der Waals surface area contributed by atoms with E-state index in [1.807, 2.05) is 0 Å². The summed E-state index contributed by atoms with van der Waals surface area (Å²) in [6, 6.07) is 5.16. The molecule has 1 unspecified atom stereocenters. The van der Waals surface area contributed by atoms with Gasteiger partial charge < -0.3 is 10.2 Å². The van der Waals surface area contributed by atoms with Crippen LogP contribution < -0.4 is 10.2 Å². The number of anilines is 1. The van der Waals surface area contributed by atoms with Crippen molar-refractivity contribution in [2.24, 2.45) is 0 Å². The van der Waals surface area contributed by atoms with Crippen LogP contribution in [0.15, 0.2) is 12.1 Å². The van der Waals surface area contributed by atoms with E-state index in [1.54, 1.807) is 0 Å². The van der Waals surface area contributed by atoms with Crippen molar-refractivity contribution in [1.82, 2.24) is 10.3 Å². The van der Waals surface area contributed by atoms with Gasteiger partial charge in [0.1, 0.15) is 5.82 Å². The van der Waals surface area contributed by atoms with E-state index in [9.17, 15) is 0 Å². The number of pyridine rings is 1.